The molecular formula is C19H36. The van der Waals surface area contributed by atoms with Crippen LogP contribution in [0.5, 0.6) is 0 Å². The minimum Gasteiger partial charge on any atom is -0.0654 e. The van der Waals surface area contributed by atoms with E-state index in [9.17, 15) is 0 Å². The minimum absolute atomic E-state index is 1.06. The van der Waals surface area contributed by atoms with Crippen LogP contribution in [0.4, 0.5) is 0 Å². The fourth-order valence-electron chi connectivity index (χ4n) is 5.01. The number of hydrogen-bond acceptors (Lipinski definition) is 0. The van der Waals surface area contributed by atoms with Crippen molar-refractivity contribution >= 4 is 0 Å². The first-order chi connectivity index (χ1) is 9.26. The number of hydrogen-bond donors (Lipinski definition) is 0. The summed E-state index contributed by atoms with van der Waals surface area (Å²) in [5, 5.41) is 0. The molecule has 0 amide bonds. The first kappa shape index (κ1) is 15.4. The van der Waals surface area contributed by atoms with Crippen LogP contribution in [0.15, 0.2) is 0 Å². The van der Waals surface area contributed by atoms with Gasteiger partial charge in [0.2, 0.25) is 0 Å². The van der Waals surface area contributed by atoms with Crippen LogP contribution in [0, 0.1) is 29.6 Å². The third-order valence-corrected chi connectivity index (χ3v) is 6.20. The molecule has 0 radical (unpaired) electrons. The molecule has 19 heavy (non-hydrogen) atoms. The molecule has 0 nitrogen and oxygen atoms in total. The van der Waals surface area contributed by atoms with Crippen molar-refractivity contribution in [2.45, 2.75) is 91.4 Å². The molecule has 5 atom stereocenters. The summed E-state index contributed by atoms with van der Waals surface area (Å²) < 4.78 is 0. The lowest BCUT2D eigenvalue weighted by Crippen LogP contribution is -2.29. The van der Waals surface area contributed by atoms with E-state index in [-0.39, 0.29) is 0 Å². The third kappa shape index (κ3) is 3.99. The highest BCUT2D eigenvalue weighted by atomic mass is 14.5. The topological polar surface area (TPSA) is 0 Å². The summed E-state index contributed by atoms with van der Waals surface area (Å²) in [7, 11) is 0. The van der Waals surface area contributed by atoms with Gasteiger partial charge >= 0.3 is 0 Å². The maximum absolute atomic E-state index is 2.49. The summed E-state index contributed by atoms with van der Waals surface area (Å²) in [5.41, 5.74) is 0. The highest BCUT2D eigenvalue weighted by Gasteiger charge is 2.46. The third-order valence-electron chi connectivity index (χ3n) is 6.20. The average molecular weight is 264 g/mol. The zero-order valence-corrected chi connectivity index (χ0v) is 13.7. The van der Waals surface area contributed by atoms with Crippen molar-refractivity contribution in [2.75, 3.05) is 0 Å². The summed E-state index contributed by atoms with van der Waals surface area (Å²) in [6.07, 6.45) is 16.5. The van der Waals surface area contributed by atoms with Crippen molar-refractivity contribution in [1.82, 2.24) is 0 Å². The fraction of sp³-hybridized carbons (Fsp3) is 1.00. The lowest BCUT2D eigenvalue weighted by atomic mass is 9.68. The van der Waals surface area contributed by atoms with Crippen LogP contribution in [0.2, 0.25) is 0 Å². The minimum atomic E-state index is 1.06. The Bertz CT molecular complexity index is 244. The molecule has 112 valence electrons. The Hall–Kier alpha value is 0. The molecule has 0 heterocycles. The highest BCUT2D eigenvalue weighted by Crippen LogP contribution is 2.55. The van der Waals surface area contributed by atoms with Gasteiger partial charge in [0.15, 0.2) is 0 Å². The van der Waals surface area contributed by atoms with E-state index in [0.29, 0.717) is 0 Å². The van der Waals surface area contributed by atoms with Gasteiger partial charge in [0.1, 0.15) is 0 Å². The molecule has 0 aromatic heterocycles. The van der Waals surface area contributed by atoms with Gasteiger partial charge in [-0.15, -0.1) is 0 Å². The predicted octanol–water partition coefficient (Wildman–Crippen LogP) is 6.45. The molecule has 2 rings (SSSR count). The van der Waals surface area contributed by atoms with Crippen molar-refractivity contribution in [3.05, 3.63) is 0 Å². The molecule has 0 N–H and O–H groups in total. The summed E-state index contributed by atoms with van der Waals surface area (Å²) in [6, 6.07) is 0. The van der Waals surface area contributed by atoms with Crippen molar-refractivity contribution in [3.8, 4) is 0 Å². The fourth-order valence-corrected chi connectivity index (χ4v) is 5.01. The van der Waals surface area contributed by atoms with Gasteiger partial charge in [0.05, 0.1) is 0 Å². The van der Waals surface area contributed by atoms with Gasteiger partial charge in [-0.1, -0.05) is 72.1 Å². The Morgan fingerprint density at radius 1 is 0.842 bits per heavy atom. The Balaban J connectivity index is 1.70. The Morgan fingerprint density at radius 2 is 1.63 bits per heavy atom. The summed E-state index contributed by atoms with van der Waals surface area (Å²) in [4.78, 5) is 0. The van der Waals surface area contributed by atoms with E-state index in [1.807, 2.05) is 0 Å². The molecular weight excluding hydrogens is 228 g/mol. The second-order valence-corrected chi connectivity index (χ2v) is 7.62. The van der Waals surface area contributed by atoms with Crippen molar-refractivity contribution in [1.29, 1.82) is 0 Å². The number of fused-ring (bicyclic) bond motifs is 1. The quantitative estimate of drug-likeness (QED) is 0.420. The standard InChI is InChI=1S/C19H36/c1-4-6-7-8-9-11-16(10-5-2)17-13-18-12-15(3)19(18)14-17/h15-19H,4-14H2,1-3H3. The van der Waals surface area contributed by atoms with Gasteiger partial charge in [0.25, 0.3) is 0 Å². The Labute approximate surface area is 121 Å². The number of unbranched alkanes of at least 4 members (excludes halogenated alkanes) is 4. The van der Waals surface area contributed by atoms with Crippen LogP contribution in [0.1, 0.15) is 91.4 Å². The van der Waals surface area contributed by atoms with Gasteiger partial charge < -0.3 is 0 Å². The first-order valence-corrected chi connectivity index (χ1v) is 9.26. The van der Waals surface area contributed by atoms with E-state index in [1.54, 1.807) is 19.3 Å². The molecule has 2 saturated carbocycles. The normalized spacial score (nSPS) is 34.9. The van der Waals surface area contributed by atoms with Gasteiger partial charge in [-0.3, -0.25) is 0 Å². The van der Waals surface area contributed by atoms with Gasteiger partial charge in [-0.2, -0.15) is 0 Å². The van der Waals surface area contributed by atoms with E-state index in [4.69, 9.17) is 0 Å². The van der Waals surface area contributed by atoms with Crippen LogP contribution in [-0.2, 0) is 0 Å². The number of rotatable bonds is 9. The second kappa shape index (κ2) is 7.70. The molecule has 2 aliphatic rings. The smallest absolute Gasteiger partial charge is 0.0357 e. The highest BCUT2D eigenvalue weighted by molar-refractivity contribution is 4.96. The zero-order valence-electron chi connectivity index (χ0n) is 13.7. The van der Waals surface area contributed by atoms with E-state index >= 15 is 0 Å². The van der Waals surface area contributed by atoms with Crippen LogP contribution in [0.3, 0.4) is 0 Å². The monoisotopic (exact) mass is 264 g/mol. The lowest BCUT2D eigenvalue weighted by Gasteiger charge is -2.37. The van der Waals surface area contributed by atoms with Crippen molar-refractivity contribution < 1.29 is 0 Å². The summed E-state index contributed by atoms with van der Waals surface area (Å²) in [5.74, 6) is 5.50. The Morgan fingerprint density at radius 3 is 2.26 bits per heavy atom. The average Bonchev–Trinajstić information content (AvgIpc) is 2.74. The molecule has 5 unspecified atom stereocenters. The molecule has 0 aliphatic heterocycles. The molecule has 0 aromatic rings. The van der Waals surface area contributed by atoms with Crippen LogP contribution in [-0.4, -0.2) is 0 Å². The molecule has 0 bridgehead atoms. The van der Waals surface area contributed by atoms with Gasteiger partial charge in [0, 0.05) is 0 Å². The van der Waals surface area contributed by atoms with Crippen LogP contribution < -0.4 is 0 Å². The SMILES string of the molecule is CCCCCCCC(CCC)C1CC2CC(C)C2C1. The predicted molar refractivity (Wildman–Crippen MR) is 85.3 cm³/mol. The van der Waals surface area contributed by atoms with Crippen LogP contribution >= 0.6 is 0 Å². The van der Waals surface area contributed by atoms with E-state index in [0.717, 1.165) is 29.6 Å². The van der Waals surface area contributed by atoms with Crippen LogP contribution in [0.25, 0.3) is 0 Å². The zero-order chi connectivity index (χ0) is 13.7. The summed E-state index contributed by atoms with van der Waals surface area (Å²) >= 11 is 0. The lowest BCUT2D eigenvalue weighted by molar-refractivity contribution is 0.120. The summed E-state index contributed by atoms with van der Waals surface area (Å²) in [6.45, 7) is 7.19. The van der Waals surface area contributed by atoms with Gasteiger partial charge in [-0.05, 0) is 48.9 Å². The Kier molecular flexibility index (Phi) is 6.23. The van der Waals surface area contributed by atoms with Gasteiger partial charge in [-0.25, -0.2) is 0 Å². The second-order valence-electron chi connectivity index (χ2n) is 7.62. The molecule has 2 fully saturated rings. The van der Waals surface area contributed by atoms with E-state index in [1.165, 1.54) is 51.4 Å². The molecule has 0 saturated heterocycles. The largest absolute Gasteiger partial charge is 0.0654 e. The van der Waals surface area contributed by atoms with E-state index < -0.39 is 0 Å². The van der Waals surface area contributed by atoms with E-state index in [2.05, 4.69) is 20.8 Å². The molecule has 0 heteroatoms. The van der Waals surface area contributed by atoms with Crippen molar-refractivity contribution in [3.63, 3.8) is 0 Å². The molecule has 0 spiro atoms. The maximum Gasteiger partial charge on any atom is -0.0357 e. The first-order valence-electron chi connectivity index (χ1n) is 9.26. The molecule has 2 aliphatic carbocycles. The van der Waals surface area contributed by atoms with Crippen molar-refractivity contribution in [2.24, 2.45) is 29.6 Å². The maximum atomic E-state index is 2.49. The molecule has 0 aromatic carbocycles.